The standard InChI is InChI=1S/C26H27N3O7/c1-35-18-9-7-14(13-19(18)36-2)11-12-29-23(32)21-17(8-10-20(30)31)28-26(22(21)24(29)33)15-5-3-4-6-16(15)27-25(26)34/h3-7,9,13,17,21-22,28H,8,10-12H2,1-2H3,(H,27,34)(H,30,31)/t17-,21+,22-,26+/m0/s1. The fourth-order valence-electron chi connectivity index (χ4n) is 5.84. The molecular weight excluding hydrogens is 466 g/mol. The number of nitrogens with zero attached hydrogens (tertiary/aromatic N) is 1. The van der Waals surface area contributed by atoms with Crippen LogP contribution in [0.3, 0.4) is 0 Å². The largest absolute Gasteiger partial charge is 0.493 e. The summed E-state index contributed by atoms with van der Waals surface area (Å²) in [7, 11) is 3.07. The summed E-state index contributed by atoms with van der Waals surface area (Å²) in [6.45, 7) is 0.130. The number of carbonyl (C=O) groups excluding carboxylic acids is 3. The van der Waals surface area contributed by atoms with Crippen molar-refractivity contribution in [1.82, 2.24) is 10.2 Å². The monoisotopic (exact) mass is 493 g/mol. The van der Waals surface area contributed by atoms with Gasteiger partial charge in [0.1, 0.15) is 5.54 Å². The van der Waals surface area contributed by atoms with E-state index in [-0.39, 0.29) is 25.3 Å². The minimum atomic E-state index is -1.42. The van der Waals surface area contributed by atoms with Crippen LogP contribution in [0.2, 0.25) is 0 Å². The van der Waals surface area contributed by atoms with Crippen LogP contribution >= 0.6 is 0 Å². The highest BCUT2D eigenvalue weighted by Crippen LogP contribution is 2.53. The van der Waals surface area contributed by atoms with Crippen LogP contribution in [0.5, 0.6) is 11.5 Å². The number of para-hydroxylation sites is 1. The number of amides is 3. The lowest BCUT2D eigenvalue weighted by molar-refractivity contribution is -0.143. The van der Waals surface area contributed by atoms with Crippen molar-refractivity contribution in [1.29, 1.82) is 0 Å². The third-order valence-electron chi connectivity index (χ3n) is 7.45. The van der Waals surface area contributed by atoms with Crippen molar-refractivity contribution in [2.75, 3.05) is 26.1 Å². The van der Waals surface area contributed by atoms with E-state index in [0.717, 1.165) is 5.56 Å². The van der Waals surface area contributed by atoms with Gasteiger partial charge in [0.15, 0.2) is 11.5 Å². The Morgan fingerprint density at radius 1 is 1.06 bits per heavy atom. The van der Waals surface area contributed by atoms with Gasteiger partial charge in [-0.05, 0) is 36.6 Å². The molecule has 3 aliphatic rings. The molecule has 2 saturated heterocycles. The lowest BCUT2D eigenvalue weighted by Crippen LogP contribution is -2.53. The van der Waals surface area contributed by atoms with Crippen LogP contribution < -0.4 is 20.1 Å². The van der Waals surface area contributed by atoms with Crippen LogP contribution in [0.1, 0.15) is 24.0 Å². The normalized spacial score (nSPS) is 26.2. The van der Waals surface area contributed by atoms with E-state index in [9.17, 15) is 24.3 Å². The zero-order chi connectivity index (χ0) is 25.6. The Bertz CT molecular complexity index is 1260. The average Bonchev–Trinajstić information content (AvgIpc) is 3.45. The first kappa shape index (κ1) is 23.8. The number of imide groups is 1. The number of benzene rings is 2. The molecule has 3 aliphatic heterocycles. The number of carbonyl (C=O) groups is 4. The van der Waals surface area contributed by atoms with Gasteiger partial charge in [-0.3, -0.25) is 29.4 Å². The number of ether oxygens (including phenoxy) is 2. The Kier molecular flexibility index (Phi) is 5.91. The molecule has 2 fully saturated rings. The molecule has 3 heterocycles. The van der Waals surface area contributed by atoms with E-state index in [1.807, 2.05) is 6.07 Å². The van der Waals surface area contributed by atoms with Crippen molar-refractivity contribution >= 4 is 29.4 Å². The second kappa shape index (κ2) is 8.94. The van der Waals surface area contributed by atoms with Crippen molar-refractivity contribution in [3.63, 3.8) is 0 Å². The number of hydrogen-bond donors (Lipinski definition) is 3. The van der Waals surface area contributed by atoms with Crippen LogP contribution in [-0.4, -0.2) is 60.5 Å². The number of nitrogens with one attached hydrogen (secondary N) is 2. The number of rotatable bonds is 8. The topological polar surface area (TPSA) is 134 Å². The van der Waals surface area contributed by atoms with E-state index < -0.39 is 41.2 Å². The van der Waals surface area contributed by atoms with Gasteiger partial charge in [-0.1, -0.05) is 24.3 Å². The predicted octanol–water partition coefficient (Wildman–Crippen LogP) is 1.53. The fraction of sp³-hybridized carbons (Fsp3) is 0.385. The van der Waals surface area contributed by atoms with E-state index in [1.54, 1.807) is 43.5 Å². The maximum absolute atomic E-state index is 13.8. The summed E-state index contributed by atoms with van der Waals surface area (Å²) in [6, 6.07) is 11.8. The van der Waals surface area contributed by atoms with E-state index in [2.05, 4.69) is 10.6 Å². The minimum absolute atomic E-state index is 0.121. The molecule has 3 N–H and O–H groups in total. The first-order valence-corrected chi connectivity index (χ1v) is 11.8. The third kappa shape index (κ3) is 3.51. The van der Waals surface area contributed by atoms with Gasteiger partial charge in [-0.15, -0.1) is 0 Å². The van der Waals surface area contributed by atoms with Crippen LogP contribution in [0.25, 0.3) is 0 Å². The van der Waals surface area contributed by atoms with Gasteiger partial charge in [0.25, 0.3) is 0 Å². The zero-order valence-electron chi connectivity index (χ0n) is 19.9. The lowest BCUT2D eigenvalue weighted by atomic mass is 9.76. The average molecular weight is 494 g/mol. The van der Waals surface area contributed by atoms with Gasteiger partial charge in [-0.2, -0.15) is 0 Å². The van der Waals surface area contributed by atoms with E-state index in [0.29, 0.717) is 29.2 Å². The maximum Gasteiger partial charge on any atom is 0.303 e. The Hall–Kier alpha value is -3.92. The molecule has 10 nitrogen and oxygen atoms in total. The van der Waals surface area contributed by atoms with Crippen LogP contribution in [-0.2, 0) is 31.1 Å². The highest BCUT2D eigenvalue weighted by Gasteiger charge is 2.70. The van der Waals surface area contributed by atoms with E-state index in [1.165, 1.54) is 12.0 Å². The summed E-state index contributed by atoms with van der Waals surface area (Å²) in [5.74, 6) is -2.90. The molecule has 2 aromatic rings. The second-order valence-electron chi connectivity index (χ2n) is 9.26. The number of fused-ring (bicyclic) bond motifs is 4. The number of carboxylic acids is 1. The molecule has 5 rings (SSSR count). The second-order valence-corrected chi connectivity index (χ2v) is 9.26. The van der Waals surface area contributed by atoms with Gasteiger partial charge >= 0.3 is 5.97 Å². The zero-order valence-corrected chi connectivity index (χ0v) is 19.9. The number of aliphatic carboxylic acids is 1. The number of methoxy groups -OCH3 is 2. The van der Waals surface area contributed by atoms with Crippen molar-refractivity contribution in [2.45, 2.75) is 30.8 Å². The molecule has 3 amide bonds. The SMILES string of the molecule is COc1ccc(CCN2C(=O)[C@@H]3[C@H](CCC(=O)O)N[C@@]4(C(=O)Nc5ccccc54)[C@@H]3C2=O)cc1OC. The molecule has 0 bridgehead atoms. The minimum Gasteiger partial charge on any atom is -0.493 e. The summed E-state index contributed by atoms with van der Waals surface area (Å²) < 4.78 is 10.6. The molecule has 36 heavy (non-hydrogen) atoms. The summed E-state index contributed by atoms with van der Waals surface area (Å²) in [5, 5.41) is 15.3. The van der Waals surface area contributed by atoms with E-state index in [4.69, 9.17) is 9.47 Å². The summed E-state index contributed by atoms with van der Waals surface area (Å²) in [5.41, 5.74) is 0.613. The Morgan fingerprint density at radius 2 is 1.81 bits per heavy atom. The highest BCUT2D eigenvalue weighted by atomic mass is 16.5. The highest BCUT2D eigenvalue weighted by molar-refractivity contribution is 6.15. The molecule has 0 aliphatic carbocycles. The molecule has 4 atom stereocenters. The lowest BCUT2D eigenvalue weighted by Gasteiger charge is -2.29. The van der Waals surface area contributed by atoms with Crippen molar-refractivity contribution in [3.8, 4) is 11.5 Å². The summed E-state index contributed by atoms with van der Waals surface area (Å²) >= 11 is 0. The van der Waals surface area contributed by atoms with Gasteiger partial charge in [0, 0.05) is 30.3 Å². The summed E-state index contributed by atoms with van der Waals surface area (Å²) in [4.78, 5) is 53.2. The molecule has 188 valence electrons. The first-order valence-electron chi connectivity index (χ1n) is 11.8. The van der Waals surface area contributed by atoms with Gasteiger partial charge < -0.3 is 19.9 Å². The van der Waals surface area contributed by atoms with Crippen LogP contribution in [0.4, 0.5) is 5.69 Å². The Morgan fingerprint density at radius 3 is 2.53 bits per heavy atom. The fourth-order valence-corrected chi connectivity index (χ4v) is 5.84. The maximum atomic E-state index is 13.8. The molecule has 10 heteroatoms. The van der Waals surface area contributed by atoms with E-state index >= 15 is 0 Å². The van der Waals surface area contributed by atoms with Gasteiger partial charge in [0.2, 0.25) is 17.7 Å². The molecule has 0 saturated carbocycles. The molecule has 2 aromatic carbocycles. The molecule has 1 spiro atoms. The third-order valence-corrected chi connectivity index (χ3v) is 7.45. The van der Waals surface area contributed by atoms with Gasteiger partial charge in [-0.25, -0.2) is 0 Å². The predicted molar refractivity (Wildman–Crippen MR) is 127 cm³/mol. The summed E-state index contributed by atoms with van der Waals surface area (Å²) in [6.07, 6.45) is 0.323. The van der Waals surface area contributed by atoms with Crippen molar-refractivity contribution < 1.29 is 33.8 Å². The molecule has 0 aromatic heterocycles. The number of hydrogen-bond acceptors (Lipinski definition) is 7. The molecule has 0 unspecified atom stereocenters. The van der Waals surface area contributed by atoms with Crippen molar-refractivity contribution in [2.24, 2.45) is 11.8 Å². The number of anilines is 1. The first-order chi connectivity index (χ1) is 17.3. The molecular formula is C26H27N3O7. The number of carboxylic acid groups (broad SMARTS) is 1. The van der Waals surface area contributed by atoms with Crippen LogP contribution in [0.15, 0.2) is 42.5 Å². The Labute approximate surface area is 207 Å². The van der Waals surface area contributed by atoms with Crippen LogP contribution in [0, 0.1) is 11.8 Å². The smallest absolute Gasteiger partial charge is 0.303 e. The quantitative estimate of drug-likeness (QED) is 0.472. The van der Waals surface area contributed by atoms with Gasteiger partial charge in [0.05, 0.1) is 26.1 Å². The molecule has 0 radical (unpaired) electrons. The number of likely N-dealkylation sites (tertiary alicyclic amines) is 1. The Balaban J connectivity index is 1.46. The van der Waals surface area contributed by atoms with Crippen molar-refractivity contribution in [3.05, 3.63) is 53.6 Å².